The zero-order valence-electron chi connectivity index (χ0n) is 10.6. The smallest absolute Gasteiger partial charge is 0.407 e. The fourth-order valence-electron chi connectivity index (χ4n) is 2.16. The van der Waals surface area contributed by atoms with Crippen molar-refractivity contribution in [2.45, 2.75) is 12.5 Å². The number of carbonyl (C=O) groups is 2. The van der Waals surface area contributed by atoms with E-state index in [9.17, 15) is 9.59 Å². The number of hydrogen-bond acceptors (Lipinski definition) is 3. The van der Waals surface area contributed by atoms with Crippen molar-refractivity contribution in [3.05, 3.63) is 29.8 Å². The van der Waals surface area contributed by atoms with Gasteiger partial charge in [0.15, 0.2) is 0 Å². The lowest BCUT2D eigenvalue weighted by molar-refractivity contribution is -0.116. The maximum atomic E-state index is 11.9. The fourth-order valence-corrected chi connectivity index (χ4v) is 2.30. The molecule has 1 unspecified atom stereocenters. The molecule has 0 radical (unpaired) electrons. The van der Waals surface area contributed by atoms with Crippen LogP contribution < -0.4 is 10.2 Å². The van der Waals surface area contributed by atoms with Gasteiger partial charge in [0.1, 0.15) is 12.0 Å². The molecule has 0 saturated heterocycles. The Kier molecular flexibility index (Phi) is 4.27. The third-order valence-corrected chi connectivity index (χ3v) is 3.24. The van der Waals surface area contributed by atoms with Crippen molar-refractivity contribution < 1.29 is 14.3 Å². The summed E-state index contributed by atoms with van der Waals surface area (Å²) in [7, 11) is 1.50. The van der Waals surface area contributed by atoms with Gasteiger partial charge in [-0.05, 0) is 11.6 Å². The van der Waals surface area contributed by atoms with Gasteiger partial charge in [-0.25, -0.2) is 4.79 Å². The third kappa shape index (κ3) is 2.98. The van der Waals surface area contributed by atoms with Crippen LogP contribution in [0, 0.1) is 0 Å². The normalized spacial score (nSPS) is 17.6. The molecule has 1 atom stereocenters. The van der Waals surface area contributed by atoms with E-state index in [1.54, 1.807) is 4.90 Å². The van der Waals surface area contributed by atoms with Gasteiger partial charge in [-0.15, -0.1) is 11.6 Å². The van der Waals surface area contributed by atoms with Gasteiger partial charge >= 0.3 is 6.09 Å². The Bertz CT molecular complexity index is 493. The zero-order valence-corrected chi connectivity index (χ0v) is 11.3. The van der Waals surface area contributed by atoms with E-state index in [1.807, 2.05) is 24.3 Å². The number of halogens is 1. The molecule has 0 aromatic heterocycles. The number of rotatable bonds is 2. The van der Waals surface area contributed by atoms with Gasteiger partial charge in [0.2, 0.25) is 5.91 Å². The van der Waals surface area contributed by atoms with E-state index < -0.39 is 6.09 Å². The van der Waals surface area contributed by atoms with E-state index in [0.717, 1.165) is 11.3 Å². The second-order valence-corrected chi connectivity index (χ2v) is 4.52. The molecule has 2 rings (SSSR count). The molecule has 1 aromatic rings. The zero-order chi connectivity index (χ0) is 13.8. The van der Waals surface area contributed by atoms with Crippen LogP contribution in [-0.2, 0) is 16.0 Å². The number of ether oxygens (including phenoxy) is 1. The monoisotopic (exact) mass is 282 g/mol. The highest BCUT2D eigenvalue weighted by Crippen LogP contribution is 2.28. The lowest BCUT2D eigenvalue weighted by atomic mass is 9.99. The molecular weight excluding hydrogens is 268 g/mol. The fraction of sp³-hybridized carbons (Fsp3) is 0.385. The minimum atomic E-state index is -0.498. The predicted octanol–water partition coefficient (Wildman–Crippen LogP) is 1.54. The number of amides is 2. The highest BCUT2D eigenvalue weighted by molar-refractivity contribution is 6.29. The number of nitrogens with one attached hydrogen (secondary N) is 1. The van der Waals surface area contributed by atoms with Crippen LogP contribution in [0.2, 0.25) is 0 Å². The van der Waals surface area contributed by atoms with E-state index >= 15 is 0 Å². The molecule has 0 aliphatic carbocycles. The van der Waals surface area contributed by atoms with Crippen LogP contribution in [0.5, 0.6) is 0 Å². The molecule has 1 aliphatic heterocycles. The van der Waals surface area contributed by atoms with Crippen LogP contribution in [0.1, 0.15) is 5.56 Å². The molecule has 102 valence electrons. The number of para-hydroxylation sites is 1. The van der Waals surface area contributed by atoms with Crippen molar-refractivity contribution in [2.75, 3.05) is 24.4 Å². The summed E-state index contributed by atoms with van der Waals surface area (Å²) < 4.78 is 5.24. The van der Waals surface area contributed by atoms with Crippen molar-refractivity contribution >= 4 is 29.3 Å². The largest absolute Gasteiger partial charge is 0.444 e. The standard InChI is InChI=1S/C13H15ClN2O3/c1-15-13(18)19-10-6-9-4-2-3-5-11(9)16(8-10)12(17)7-14/h2-5,10H,6-8H2,1H3,(H,15,18). The molecule has 6 heteroatoms. The number of alkyl carbamates (subject to hydrolysis) is 1. The third-order valence-electron chi connectivity index (χ3n) is 3.01. The Balaban J connectivity index is 2.24. The molecule has 1 heterocycles. The van der Waals surface area contributed by atoms with Crippen LogP contribution >= 0.6 is 11.6 Å². The summed E-state index contributed by atoms with van der Waals surface area (Å²) in [6, 6.07) is 7.55. The lowest BCUT2D eigenvalue weighted by Crippen LogP contribution is -2.45. The number of nitrogens with zero attached hydrogens (tertiary/aromatic N) is 1. The maximum Gasteiger partial charge on any atom is 0.407 e. The molecule has 0 saturated carbocycles. The first-order valence-electron chi connectivity index (χ1n) is 5.98. The topological polar surface area (TPSA) is 58.6 Å². The first-order chi connectivity index (χ1) is 9.15. The summed E-state index contributed by atoms with van der Waals surface area (Å²) in [5, 5.41) is 2.40. The first-order valence-corrected chi connectivity index (χ1v) is 6.51. The lowest BCUT2D eigenvalue weighted by Gasteiger charge is -2.33. The Morgan fingerprint density at radius 1 is 1.47 bits per heavy atom. The van der Waals surface area contributed by atoms with E-state index in [2.05, 4.69) is 5.32 Å². The van der Waals surface area contributed by atoms with Crippen molar-refractivity contribution in [1.29, 1.82) is 0 Å². The SMILES string of the molecule is CNC(=O)OC1Cc2ccccc2N(C(=O)CCl)C1. The predicted molar refractivity (Wildman–Crippen MR) is 72.5 cm³/mol. The van der Waals surface area contributed by atoms with Gasteiger partial charge in [-0.2, -0.15) is 0 Å². The molecule has 19 heavy (non-hydrogen) atoms. The molecule has 2 amide bonds. The summed E-state index contributed by atoms with van der Waals surface area (Å²) in [5.41, 5.74) is 1.81. The highest BCUT2D eigenvalue weighted by atomic mass is 35.5. The van der Waals surface area contributed by atoms with Crippen molar-refractivity contribution in [3.8, 4) is 0 Å². The molecule has 0 fully saturated rings. The molecule has 0 spiro atoms. The number of anilines is 1. The molecule has 1 N–H and O–H groups in total. The van der Waals surface area contributed by atoms with Crippen LogP contribution in [0.4, 0.5) is 10.5 Å². The first kappa shape index (κ1) is 13.7. The van der Waals surface area contributed by atoms with Crippen molar-refractivity contribution in [1.82, 2.24) is 5.32 Å². The quantitative estimate of drug-likeness (QED) is 0.837. The van der Waals surface area contributed by atoms with Crippen LogP contribution in [0.15, 0.2) is 24.3 Å². The Morgan fingerprint density at radius 3 is 2.89 bits per heavy atom. The number of carbonyl (C=O) groups excluding carboxylic acids is 2. The van der Waals surface area contributed by atoms with Gasteiger partial charge in [-0.1, -0.05) is 18.2 Å². The summed E-state index contributed by atoms with van der Waals surface area (Å²) in [4.78, 5) is 24.7. The van der Waals surface area contributed by atoms with Gasteiger partial charge in [0.05, 0.1) is 6.54 Å². The summed E-state index contributed by atoms with van der Waals surface area (Å²) in [6.07, 6.45) is -0.264. The van der Waals surface area contributed by atoms with Crippen molar-refractivity contribution in [3.63, 3.8) is 0 Å². The summed E-state index contributed by atoms with van der Waals surface area (Å²) in [6.45, 7) is 0.329. The van der Waals surface area contributed by atoms with Crippen LogP contribution in [0.25, 0.3) is 0 Å². The van der Waals surface area contributed by atoms with E-state index in [4.69, 9.17) is 16.3 Å². The van der Waals surface area contributed by atoms with Crippen LogP contribution in [0.3, 0.4) is 0 Å². The number of fused-ring (bicyclic) bond motifs is 1. The second kappa shape index (κ2) is 5.93. The van der Waals surface area contributed by atoms with Gasteiger partial charge in [0, 0.05) is 19.2 Å². The number of hydrogen-bond donors (Lipinski definition) is 1. The minimum Gasteiger partial charge on any atom is -0.444 e. The van der Waals surface area contributed by atoms with Crippen LogP contribution in [-0.4, -0.2) is 37.6 Å². The molecular formula is C13H15ClN2O3. The average Bonchev–Trinajstić information content (AvgIpc) is 2.45. The molecule has 1 aromatic carbocycles. The van der Waals surface area contributed by atoms with E-state index in [0.29, 0.717) is 13.0 Å². The van der Waals surface area contributed by atoms with Gasteiger partial charge < -0.3 is 15.0 Å². The molecule has 0 bridgehead atoms. The molecule has 1 aliphatic rings. The van der Waals surface area contributed by atoms with E-state index in [-0.39, 0.29) is 17.9 Å². The number of alkyl halides is 1. The van der Waals surface area contributed by atoms with Crippen molar-refractivity contribution in [2.24, 2.45) is 0 Å². The van der Waals surface area contributed by atoms with Gasteiger partial charge in [-0.3, -0.25) is 4.79 Å². The summed E-state index contributed by atoms with van der Waals surface area (Å²) >= 11 is 5.62. The Labute approximate surface area is 116 Å². The number of benzene rings is 1. The van der Waals surface area contributed by atoms with Gasteiger partial charge in [0.25, 0.3) is 0 Å². The van der Waals surface area contributed by atoms with E-state index in [1.165, 1.54) is 7.05 Å². The Morgan fingerprint density at radius 2 is 2.21 bits per heavy atom. The Hall–Kier alpha value is -1.75. The average molecular weight is 283 g/mol. The highest BCUT2D eigenvalue weighted by Gasteiger charge is 2.29. The summed E-state index contributed by atoms with van der Waals surface area (Å²) in [5.74, 6) is -0.291. The second-order valence-electron chi connectivity index (χ2n) is 4.25. The minimum absolute atomic E-state index is 0.0962. The maximum absolute atomic E-state index is 11.9. The molecule has 5 nitrogen and oxygen atoms in total.